The van der Waals surface area contributed by atoms with E-state index < -0.39 is 10.0 Å². The van der Waals surface area contributed by atoms with Gasteiger partial charge in [0.15, 0.2) is 0 Å². The van der Waals surface area contributed by atoms with Gasteiger partial charge in [-0.3, -0.25) is 4.79 Å². The van der Waals surface area contributed by atoms with Crippen molar-refractivity contribution in [1.82, 2.24) is 14.2 Å². The fourth-order valence-corrected chi connectivity index (χ4v) is 4.21. The number of fused-ring (bicyclic) bond motifs is 1. The molecule has 1 N–H and O–H groups in total. The fraction of sp³-hybridized carbons (Fsp3) is 0.286. The number of H-pyrrole nitrogens is 1. The molecule has 0 aliphatic heterocycles. The standard InChI is InChI=1S/C21H25N3O3S/c1-15-6-5-7-18-19(15)14-20(22-21(18)25)16-8-10-17(11-9-16)28(26,27)24(4)13-12-23(2)3/h5-11,14H,12-13H2,1-4H3,(H,22,25). The first-order valence-electron chi connectivity index (χ1n) is 9.04. The number of pyridine rings is 1. The molecule has 0 unspecified atom stereocenters. The Bertz CT molecular complexity index is 1150. The lowest BCUT2D eigenvalue weighted by atomic mass is 10.0. The quantitative estimate of drug-likeness (QED) is 0.692. The minimum absolute atomic E-state index is 0.156. The first-order chi connectivity index (χ1) is 13.2. The highest BCUT2D eigenvalue weighted by Crippen LogP contribution is 2.24. The van der Waals surface area contributed by atoms with E-state index in [9.17, 15) is 13.2 Å². The van der Waals surface area contributed by atoms with Crippen LogP contribution in [0.3, 0.4) is 0 Å². The second kappa shape index (κ2) is 7.87. The number of sulfonamides is 1. The third-order valence-corrected chi connectivity index (χ3v) is 6.71. The second-order valence-electron chi connectivity index (χ2n) is 7.20. The molecule has 2 aromatic carbocycles. The zero-order chi connectivity index (χ0) is 20.5. The minimum atomic E-state index is -3.55. The van der Waals surface area contributed by atoms with Gasteiger partial charge in [0.1, 0.15) is 0 Å². The second-order valence-corrected chi connectivity index (χ2v) is 9.25. The van der Waals surface area contributed by atoms with E-state index in [0.717, 1.165) is 16.5 Å². The van der Waals surface area contributed by atoms with E-state index in [1.807, 2.05) is 44.1 Å². The summed E-state index contributed by atoms with van der Waals surface area (Å²) in [5.74, 6) is 0. The predicted molar refractivity (Wildman–Crippen MR) is 113 cm³/mol. The highest BCUT2D eigenvalue weighted by Gasteiger charge is 2.20. The van der Waals surface area contributed by atoms with Gasteiger partial charge in [-0.05, 0) is 61.8 Å². The molecule has 0 bridgehead atoms. The van der Waals surface area contributed by atoms with E-state index in [-0.39, 0.29) is 10.5 Å². The Morgan fingerprint density at radius 3 is 2.25 bits per heavy atom. The summed E-state index contributed by atoms with van der Waals surface area (Å²) in [5, 5.41) is 1.53. The van der Waals surface area contributed by atoms with Gasteiger partial charge in [-0.25, -0.2) is 8.42 Å². The van der Waals surface area contributed by atoms with Gasteiger partial charge in [-0.15, -0.1) is 0 Å². The summed E-state index contributed by atoms with van der Waals surface area (Å²) in [6, 6.07) is 14.2. The van der Waals surface area contributed by atoms with Crippen LogP contribution in [0.25, 0.3) is 22.0 Å². The Labute approximate surface area is 165 Å². The maximum atomic E-state index is 12.7. The SMILES string of the molecule is Cc1cccc2c(=O)[nH]c(-c3ccc(S(=O)(=O)N(C)CCN(C)C)cc3)cc12. The lowest BCUT2D eigenvalue weighted by Gasteiger charge is -2.19. The van der Waals surface area contributed by atoms with Crippen molar-refractivity contribution in [3.05, 3.63) is 64.4 Å². The summed E-state index contributed by atoms with van der Waals surface area (Å²) in [5.41, 5.74) is 2.29. The van der Waals surface area contributed by atoms with Gasteiger partial charge in [0.05, 0.1) is 4.90 Å². The number of hydrogen-bond donors (Lipinski definition) is 1. The molecule has 28 heavy (non-hydrogen) atoms. The van der Waals surface area contributed by atoms with E-state index in [1.165, 1.54) is 4.31 Å². The van der Waals surface area contributed by atoms with E-state index >= 15 is 0 Å². The monoisotopic (exact) mass is 399 g/mol. The Kier molecular flexibility index (Phi) is 5.69. The predicted octanol–water partition coefficient (Wildman–Crippen LogP) is 2.69. The zero-order valence-electron chi connectivity index (χ0n) is 16.6. The minimum Gasteiger partial charge on any atom is -0.321 e. The van der Waals surface area contributed by atoms with Gasteiger partial charge in [-0.2, -0.15) is 4.31 Å². The van der Waals surface area contributed by atoms with Crippen molar-refractivity contribution in [1.29, 1.82) is 0 Å². The van der Waals surface area contributed by atoms with Gasteiger partial charge < -0.3 is 9.88 Å². The summed E-state index contributed by atoms with van der Waals surface area (Å²) < 4.78 is 26.8. The van der Waals surface area contributed by atoms with Crippen molar-refractivity contribution in [3.8, 4) is 11.3 Å². The number of nitrogens with zero attached hydrogens (tertiary/aromatic N) is 2. The number of nitrogens with one attached hydrogen (secondary N) is 1. The molecule has 1 aromatic heterocycles. The first-order valence-corrected chi connectivity index (χ1v) is 10.5. The van der Waals surface area contributed by atoms with E-state index in [4.69, 9.17) is 0 Å². The average molecular weight is 400 g/mol. The molecule has 0 amide bonds. The molecular formula is C21H25N3O3S. The van der Waals surface area contributed by atoms with Gasteiger partial charge in [0.25, 0.3) is 5.56 Å². The number of likely N-dealkylation sites (N-methyl/N-ethyl adjacent to an activating group) is 2. The molecule has 0 saturated carbocycles. The molecule has 0 aliphatic rings. The number of aromatic nitrogens is 1. The summed E-state index contributed by atoms with van der Waals surface area (Å²) in [6.45, 7) is 3.02. The van der Waals surface area contributed by atoms with Gasteiger partial charge in [-0.1, -0.05) is 24.3 Å². The maximum Gasteiger partial charge on any atom is 0.256 e. The Morgan fingerprint density at radius 1 is 0.929 bits per heavy atom. The van der Waals surface area contributed by atoms with Crippen LogP contribution in [0.1, 0.15) is 5.56 Å². The molecule has 0 radical (unpaired) electrons. The highest BCUT2D eigenvalue weighted by atomic mass is 32.2. The smallest absolute Gasteiger partial charge is 0.256 e. The number of rotatable bonds is 6. The van der Waals surface area contributed by atoms with E-state index in [1.54, 1.807) is 37.4 Å². The molecule has 148 valence electrons. The Hall–Kier alpha value is -2.48. The molecule has 7 heteroatoms. The lowest BCUT2D eigenvalue weighted by Crippen LogP contribution is -2.33. The van der Waals surface area contributed by atoms with E-state index in [2.05, 4.69) is 4.98 Å². The van der Waals surface area contributed by atoms with Gasteiger partial charge in [0.2, 0.25) is 10.0 Å². The molecule has 3 aromatic rings. The molecule has 6 nitrogen and oxygen atoms in total. The average Bonchev–Trinajstić information content (AvgIpc) is 2.66. The number of hydrogen-bond acceptors (Lipinski definition) is 4. The van der Waals surface area contributed by atoms with E-state index in [0.29, 0.717) is 24.2 Å². The van der Waals surface area contributed by atoms with Crippen molar-refractivity contribution in [2.24, 2.45) is 0 Å². The topological polar surface area (TPSA) is 73.5 Å². The molecule has 1 heterocycles. The van der Waals surface area contributed by atoms with Crippen molar-refractivity contribution >= 4 is 20.8 Å². The summed E-state index contributed by atoms with van der Waals surface area (Å²) in [4.78, 5) is 17.5. The zero-order valence-corrected chi connectivity index (χ0v) is 17.4. The van der Waals surface area contributed by atoms with Crippen LogP contribution >= 0.6 is 0 Å². The number of aryl methyl sites for hydroxylation is 1. The third kappa shape index (κ3) is 4.01. The first kappa shape index (κ1) is 20.3. The van der Waals surface area contributed by atoms with Crippen LogP contribution < -0.4 is 5.56 Å². The maximum absolute atomic E-state index is 12.7. The van der Waals surface area contributed by atoms with Gasteiger partial charge >= 0.3 is 0 Å². The molecule has 0 atom stereocenters. The van der Waals surface area contributed by atoms with Crippen molar-refractivity contribution in [2.75, 3.05) is 34.2 Å². The van der Waals surface area contributed by atoms with Crippen LogP contribution in [-0.2, 0) is 10.0 Å². The van der Waals surface area contributed by atoms with Crippen molar-refractivity contribution < 1.29 is 8.42 Å². The van der Waals surface area contributed by atoms with Crippen LogP contribution in [0.4, 0.5) is 0 Å². The van der Waals surface area contributed by atoms with Crippen molar-refractivity contribution in [3.63, 3.8) is 0 Å². The van der Waals surface area contributed by atoms with Crippen LogP contribution in [0.5, 0.6) is 0 Å². The summed E-state index contributed by atoms with van der Waals surface area (Å²) >= 11 is 0. The van der Waals surface area contributed by atoms with Crippen LogP contribution in [0, 0.1) is 6.92 Å². The number of benzene rings is 2. The molecule has 0 spiro atoms. The molecule has 0 fully saturated rings. The Morgan fingerprint density at radius 2 is 1.61 bits per heavy atom. The molecule has 3 rings (SSSR count). The third-order valence-electron chi connectivity index (χ3n) is 4.84. The normalized spacial score (nSPS) is 12.2. The fourth-order valence-electron chi connectivity index (χ4n) is 3.04. The van der Waals surface area contributed by atoms with Crippen molar-refractivity contribution in [2.45, 2.75) is 11.8 Å². The Balaban J connectivity index is 1.94. The number of aromatic amines is 1. The lowest BCUT2D eigenvalue weighted by molar-refractivity contribution is 0.358. The van der Waals surface area contributed by atoms with Crippen LogP contribution in [0.2, 0.25) is 0 Å². The van der Waals surface area contributed by atoms with Crippen LogP contribution in [-0.4, -0.2) is 56.8 Å². The largest absolute Gasteiger partial charge is 0.321 e. The summed E-state index contributed by atoms with van der Waals surface area (Å²) in [7, 11) is 1.84. The van der Waals surface area contributed by atoms with Gasteiger partial charge in [0, 0.05) is 31.2 Å². The van der Waals surface area contributed by atoms with Crippen LogP contribution in [0.15, 0.2) is 58.2 Å². The molecule has 0 saturated heterocycles. The summed E-state index contributed by atoms with van der Waals surface area (Å²) in [6.07, 6.45) is 0. The molecule has 0 aliphatic carbocycles. The highest BCUT2D eigenvalue weighted by molar-refractivity contribution is 7.89. The molecular weight excluding hydrogens is 374 g/mol.